The Kier molecular flexibility index (Phi) is 4.52. The van der Waals surface area contributed by atoms with Crippen LogP contribution in [0.3, 0.4) is 0 Å². The largest absolute Gasteiger partial charge is 0.367 e. The highest BCUT2D eigenvalue weighted by Crippen LogP contribution is 2.30. The molecule has 1 fully saturated rings. The monoisotopic (exact) mass is 205 g/mol. The van der Waals surface area contributed by atoms with Gasteiger partial charge in [-0.1, -0.05) is 19.3 Å². The third kappa shape index (κ3) is 3.13. The maximum Gasteiger partial charge on any atom is 0.167 e. The van der Waals surface area contributed by atoms with Gasteiger partial charge in [0.15, 0.2) is 6.29 Å². The molecular formula is C9H19NO2S. The predicted molar refractivity (Wildman–Crippen MR) is 55.6 cm³/mol. The van der Waals surface area contributed by atoms with Gasteiger partial charge in [-0.2, -0.15) is 12.6 Å². The van der Waals surface area contributed by atoms with Gasteiger partial charge in [0.25, 0.3) is 0 Å². The number of aliphatic hydroxyl groups excluding tert-OH is 1. The summed E-state index contributed by atoms with van der Waals surface area (Å²) in [5.41, 5.74) is 5.61. The molecule has 78 valence electrons. The minimum absolute atomic E-state index is 0.0831. The average Bonchev–Trinajstić information content (AvgIpc) is 2.17. The fourth-order valence-corrected chi connectivity index (χ4v) is 2.42. The van der Waals surface area contributed by atoms with Crippen molar-refractivity contribution in [2.45, 2.75) is 49.7 Å². The Bertz CT molecular complexity index is 149. The Labute approximate surface area is 84.7 Å². The summed E-state index contributed by atoms with van der Waals surface area (Å²) in [6.45, 7) is 0. The van der Waals surface area contributed by atoms with Crippen LogP contribution in [0.25, 0.3) is 0 Å². The van der Waals surface area contributed by atoms with E-state index < -0.39 is 12.3 Å². The van der Waals surface area contributed by atoms with Gasteiger partial charge in [-0.3, -0.25) is 0 Å². The third-order valence-electron chi connectivity index (χ3n) is 2.87. The third-order valence-corrected chi connectivity index (χ3v) is 3.64. The van der Waals surface area contributed by atoms with Crippen molar-refractivity contribution in [2.24, 2.45) is 11.7 Å². The van der Waals surface area contributed by atoms with E-state index in [-0.39, 0.29) is 5.25 Å². The summed E-state index contributed by atoms with van der Waals surface area (Å²) in [6, 6.07) is -0.619. The minimum atomic E-state index is -1.44. The Morgan fingerprint density at radius 2 is 1.69 bits per heavy atom. The molecule has 1 rings (SSSR count). The lowest BCUT2D eigenvalue weighted by Crippen LogP contribution is -2.45. The number of hydrogen-bond acceptors (Lipinski definition) is 4. The standard InChI is InChI=1S/C9H19NO2S/c10-7(9(11)12)8(13)6-4-2-1-3-5-6/h6-9,11-13H,1-5,10H2. The number of nitrogens with two attached hydrogens (primary N) is 1. The molecule has 0 heterocycles. The molecule has 2 unspecified atom stereocenters. The fraction of sp³-hybridized carbons (Fsp3) is 1.00. The van der Waals surface area contributed by atoms with Gasteiger partial charge in [0.1, 0.15) is 0 Å². The summed E-state index contributed by atoms with van der Waals surface area (Å²) in [6.07, 6.45) is 4.52. The Morgan fingerprint density at radius 1 is 1.15 bits per heavy atom. The molecule has 0 aromatic heterocycles. The molecule has 3 nitrogen and oxygen atoms in total. The molecule has 4 heteroatoms. The van der Waals surface area contributed by atoms with Gasteiger partial charge < -0.3 is 15.9 Å². The minimum Gasteiger partial charge on any atom is -0.367 e. The van der Waals surface area contributed by atoms with Crippen molar-refractivity contribution in [2.75, 3.05) is 0 Å². The van der Waals surface area contributed by atoms with Crippen molar-refractivity contribution in [3.05, 3.63) is 0 Å². The SMILES string of the molecule is NC(C(O)O)C(S)C1CCCCC1. The molecule has 0 spiro atoms. The Balaban J connectivity index is 2.40. The average molecular weight is 205 g/mol. The van der Waals surface area contributed by atoms with E-state index in [1.54, 1.807) is 0 Å². The van der Waals surface area contributed by atoms with Crippen LogP contribution in [0.2, 0.25) is 0 Å². The van der Waals surface area contributed by atoms with E-state index in [9.17, 15) is 0 Å². The fourth-order valence-electron chi connectivity index (χ4n) is 1.97. The molecular weight excluding hydrogens is 186 g/mol. The molecule has 0 radical (unpaired) electrons. The first-order chi connectivity index (χ1) is 6.13. The van der Waals surface area contributed by atoms with Gasteiger partial charge in [0.2, 0.25) is 0 Å². The summed E-state index contributed by atoms with van der Waals surface area (Å²) in [5, 5.41) is 17.7. The molecule has 0 bridgehead atoms. The van der Waals surface area contributed by atoms with Crippen molar-refractivity contribution in [3.8, 4) is 0 Å². The topological polar surface area (TPSA) is 66.5 Å². The molecule has 1 aliphatic carbocycles. The summed E-state index contributed by atoms with van der Waals surface area (Å²) < 4.78 is 0. The van der Waals surface area contributed by atoms with E-state index in [0.717, 1.165) is 12.8 Å². The van der Waals surface area contributed by atoms with Crippen LogP contribution >= 0.6 is 12.6 Å². The molecule has 0 aliphatic heterocycles. The molecule has 0 aromatic rings. The highest BCUT2D eigenvalue weighted by molar-refractivity contribution is 7.81. The van der Waals surface area contributed by atoms with Crippen LogP contribution in [0, 0.1) is 5.92 Å². The second-order valence-corrected chi connectivity index (χ2v) is 4.48. The van der Waals surface area contributed by atoms with Crippen LogP contribution < -0.4 is 5.73 Å². The van der Waals surface area contributed by atoms with Crippen LogP contribution in [0.1, 0.15) is 32.1 Å². The zero-order chi connectivity index (χ0) is 9.84. The molecule has 0 aromatic carbocycles. The van der Waals surface area contributed by atoms with Crippen molar-refractivity contribution in [1.82, 2.24) is 0 Å². The smallest absolute Gasteiger partial charge is 0.167 e. The van der Waals surface area contributed by atoms with Gasteiger partial charge in [-0.25, -0.2) is 0 Å². The molecule has 13 heavy (non-hydrogen) atoms. The van der Waals surface area contributed by atoms with E-state index >= 15 is 0 Å². The predicted octanol–water partition coefficient (Wildman–Crippen LogP) is 0.503. The second-order valence-electron chi connectivity index (χ2n) is 3.88. The molecule has 0 saturated heterocycles. The quantitative estimate of drug-likeness (QED) is 0.401. The van der Waals surface area contributed by atoms with E-state index in [1.165, 1.54) is 19.3 Å². The molecule has 2 atom stereocenters. The number of aliphatic hydroxyl groups is 2. The van der Waals surface area contributed by atoms with E-state index in [1.807, 2.05) is 0 Å². The maximum atomic E-state index is 8.90. The summed E-state index contributed by atoms with van der Waals surface area (Å²) in [4.78, 5) is 0. The van der Waals surface area contributed by atoms with Crippen LogP contribution in [0.5, 0.6) is 0 Å². The number of thiol groups is 1. The van der Waals surface area contributed by atoms with Crippen molar-refractivity contribution >= 4 is 12.6 Å². The van der Waals surface area contributed by atoms with Crippen molar-refractivity contribution in [1.29, 1.82) is 0 Å². The lowest BCUT2D eigenvalue weighted by atomic mass is 9.84. The first-order valence-corrected chi connectivity index (χ1v) is 5.44. The second kappa shape index (κ2) is 5.20. The molecule has 1 saturated carbocycles. The zero-order valence-corrected chi connectivity index (χ0v) is 8.66. The van der Waals surface area contributed by atoms with E-state index in [4.69, 9.17) is 15.9 Å². The highest BCUT2D eigenvalue weighted by Gasteiger charge is 2.28. The maximum absolute atomic E-state index is 8.90. The van der Waals surface area contributed by atoms with E-state index in [2.05, 4.69) is 12.6 Å². The first-order valence-electron chi connectivity index (χ1n) is 4.92. The molecule has 4 N–H and O–H groups in total. The molecule has 0 amide bonds. The van der Waals surface area contributed by atoms with E-state index in [0.29, 0.717) is 5.92 Å². The summed E-state index contributed by atoms with van der Waals surface area (Å²) >= 11 is 4.36. The number of hydrogen-bond donors (Lipinski definition) is 4. The van der Waals surface area contributed by atoms with Crippen LogP contribution in [0.4, 0.5) is 0 Å². The van der Waals surface area contributed by atoms with Crippen molar-refractivity contribution in [3.63, 3.8) is 0 Å². The Morgan fingerprint density at radius 3 is 2.15 bits per heavy atom. The lowest BCUT2D eigenvalue weighted by Gasteiger charge is -2.31. The first kappa shape index (κ1) is 11.3. The van der Waals surface area contributed by atoms with Gasteiger partial charge in [-0.15, -0.1) is 0 Å². The highest BCUT2D eigenvalue weighted by atomic mass is 32.1. The Hall–Kier alpha value is 0.230. The van der Waals surface area contributed by atoms with Gasteiger partial charge in [0.05, 0.1) is 6.04 Å². The van der Waals surface area contributed by atoms with Crippen LogP contribution in [0.15, 0.2) is 0 Å². The van der Waals surface area contributed by atoms with Gasteiger partial charge in [-0.05, 0) is 18.8 Å². The normalized spacial score (nSPS) is 24.7. The summed E-state index contributed by atoms with van der Waals surface area (Å²) in [7, 11) is 0. The lowest BCUT2D eigenvalue weighted by molar-refractivity contribution is -0.0615. The number of rotatable bonds is 3. The van der Waals surface area contributed by atoms with Crippen molar-refractivity contribution < 1.29 is 10.2 Å². The molecule has 1 aliphatic rings. The zero-order valence-electron chi connectivity index (χ0n) is 7.76. The van der Waals surface area contributed by atoms with Gasteiger partial charge in [0, 0.05) is 5.25 Å². The van der Waals surface area contributed by atoms with Gasteiger partial charge >= 0.3 is 0 Å². The van der Waals surface area contributed by atoms with Crippen LogP contribution in [-0.2, 0) is 0 Å². The summed E-state index contributed by atoms with van der Waals surface area (Å²) in [5.74, 6) is 0.453. The van der Waals surface area contributed by atoms with Crippen LogP contribution in [-0.4, -0.2) is 27.8 Å².